The molecule has 0 aromatic heterocycles. The molecule has 0 aliphatic rings. The van der Waals surface area contributed by atoms with Gasteiger partial charge in [-0.15, -0.1) is 0 Å². The fourth-order valence-electron chi connectivity index (χ4n) is 2.17. The minimum absolute atomic E-state index is 0.161. The third-order valence-corrected chi connectivity index (χ3v) is 7.90. The van der Waals surface area contributed by atoms with Gasteiger partial charge in [0.2, 0.25) is 0 Å². The van der Waals surface area contributed by atoms with Crippen molar-refractivity contribution in [1.29, 1.82) is 0 Å². The van der Waals surface area contributed by atoms with E-state index in [1.165, 1.54) is 0 Å². The number of benzene rings is 3. The van der Waals surface area contributed by atoms with Crippen LogP contribution in [0.2, 0.25) is 0 Å². The molecule has 0 spiro atoms. The van der Waals surface area contributed by atoms with Crippen LogP contribution in [-0.4, -0.2) is 5.62 Å². The Morgan fingerprint density at radius 1 is 0.560 bits per heavy atom. The molecule has 0 unspecified atom stereocenters. The van der Waals surface area contributed by atoms with Gasteiger partial charge >= 0.3 is 157 Å². The Kier molecular flexibility index (Phi) is 5.39. The third kappa shape index (κ3) is 4.58. The van der Waals surface area contributed by atoms with Gasteiger partial charge in [-0.3, -0.25) is 0 Å². The molecule has 0 N–H and O–H groups in total. The van der Waals surface area contributed by atoms with Crippen LogP contribution >= 0.6 is 29.5 Å². The van der Waals surface area contributed by atoms with Gasteiger partial charge in [0.25, 0.3) is 0 Å². The topological polar surface area (TPSA) is 27.7 Å². The summed E-state index contributed by atoms with van der Waals surface area (Å²) >= 11 is 13.2. The summed E-state index contributed by atoms with van der Waals surface area (Å²) < 4.78 is 18.2. The van der Waals surface area contributed by atoms with Crippen molar-refractivity contribution in [3.63, 3.8) is 0 Å². The fourth-order valence-corrected chi connectivity index (χ4v) is 5.16. The molecule has 25 heavy (non-hydrogen) atoms. The average Bonchev–Trinajstić information content (AvgIpc) is 2.64. The zero-order valence-electron chi connectivity index (χ0n) is 13.3. The van der Waals surface area contributed by atoms with Crippen LogP contribution in [0.1, 0.15) is 0 Å². The van der Waals surface area contributed by atoms with Crippen LogP contribution in [0.4, 0.5) is 0 Å². The Morgan fingerprint density at radius 3 is 1.08 bits per heavy atom. The van der Waals surface area contributed by atoms with E-state index in [9.17, 15) is 0 Å². The molecule has 0 amide bonds. The Hall–Kier alpha value is -1.93. The first-order chi connectivity index (χ1) is 12.1. The van der Waals surface area contributed by atoms with E-state index in [0.29, 0.717) is 17.2 Å². The molecule has 3 nitrogen and oxygen atoms in total. The Balaban J connectivity index is 2.01. The summed E-state index contributed by atoms with van der Waals surface area (Å²) in [6.45, 7) is -4.25. The monoisotopic (exact) mass is 394 g/mol. The standard InChI is InChI=1S/C19H17Cl2O3P/c20-16-25(21,22-17-10-4-1-5-11-17,23-18-12-6-2-7-13-18)24-19-14-8-3-9-15-19/h1-15H,16H2. The zero-order chi connectivity index (χ0) is 17.6. The number of alkyl halides is 1. The zero-order valence-corrected chi connectivity index (χ0v) is 15.7. The van der Waals surface area contributed by atoms with Crippen LogP contribution in [-0.2, 0) is 0 Å². The molecular formula is C19H17Cl2O3P. The predicted octanol–water partition coefficient (Wildman–Crippen LogP) is 6.87. The molecule has 3 rings (SSSR count). The van der Waals surface area contributed by atoms with Gasteiger partial charge in [-0.2, -0.15) is 0 Å². The van der Waals surface area contributed by atoms with E-state index in [2.05, 4.69) is 0 Å². The van der Waals surface area contributed by atoms with E-state index in [1.807, 2.05) is 54.6 Å². The molecule has 0 aliphatic heterocycles. The van der Waals surface area contributed by atoms with Crippen molar-refractivity contribution >= 4 is 29.5 Å². The summed E-state index contributed by atoms with van der Waals surface area (Å²) in [4.78, 5) is 0. The number of hydrogen-bond acceptors (Lipinski definition) is 3. The van der Waals surface area contributed by atoms with Crippen molar-refractivity contribution in [1.82, 2.24) is 0 Å². The normalized spacial score (nSPS) is 12.6. The van der Waals surface area contributed by atoms with Gasteiger partial charge < -0.3 is 0 Å². The van der Waals surface area contributed by atoms with Gasteiger partial charge in [0.05, 0.1) is 0 Å². The fraction of sp³-hybridized carbons (Fsp3) is 0.0526. The summed E-state index contributed by atoms with van der Waals surface area (Å²) in [6, 6.07) is 27.3. The van der Waals surface area contributed by atoms with E-state index >= 15 is 0 Å². The van der Waals surface area contributed by atoms with Gasteiger partial charge in [0.1, 0.15) is 0 Å². The van der Waals surface area contributed by atoms with Gasteiger partial charge in [0.15, 0.2) is 0 Å². The van der Waals surface area contributed by atoms with Gasteiger partial charge in [-0.1, -0.05) is 0 Å². The summed E-state index contributed by atoms with van der Waals surface area (Å²) in [5.74, 6) is 1.55. The second kappa shape index (κ2) is 7.53. The Morgan fingerprint density at radius 2 is 0.840 bits per heavy atom. The van der Waals surface area contributed by atoms with E-state index < -0.39 is 6.64 Å². The van der Waals surface area contributed by atoms with Crippen molar-refractivity contribution in [3.05, 3.63) is 91.0 Å². The van der Waals surface area contributed by atoms with E-state index in [1.54, 1.807) is 36.4 Å². The second-order valence-corrected chi connectivity index (χ2v) is 10.6. The molecular weight excluding hydrogens is 378 g/mol. The number of halogens is 2. The SMILES string of the molecule is ClCP(Cl)(Oc1ccccc1)(Oc1ccccc1)Oc1ccccc1. The van der Waals surface area contributed by atoms with Crippen LogP contribution in [0.15, 0.2) is 91.0 Å². The van der Waals surface area contributed by atoms with Crippen LogP contribution < -0.4 is 13.6 Å². The molecule has 0 radical (unpaired) electrons. The molecule has 0 heterocycles. The van der Waals surface area contributed by atoms with E-state index in [0.717, 1.165) is 0 Å². The average molecular weight is 395 g/mol. The van der Waals surface area contributed by atoms with Crippen LogP contribution in [0.25, 0.3) is 0 Å². The maximum atomic E-state index is 6.92. The van der Waals surface area contributed by atoms with Crippen LogP contribution in [0, 0.1) is 0 Å². The molecule has 3 aromatic rings. The van der Waals surface area contributed by atoms with Gasteiger partial charge in [-0.25, -0.2) is 0 Å². The first-order valence-corrected chi connectivity index (χ1v) is 11.3. The second-order valence-electron chi connectivity index (χ2n) is 5.27. The first kappa shape index (κ1) is 17.9. The Bertz CT molecular complexity index is 696. The summed E-state index contributed by atoms with van der Waals surface area (Å²) in [5.41, 5.74) is -0.161. The summed E-state index contributed by atoms with van der Waals surface area (Å²) in [7, 11) is 0. The molecule has 0 aliphatic carbocycles. The summed E-state index contributed by atoms with van der Waals surface area (Å²) in [5, 5.41) is 0. The van der Waals surface area contributed by atoms with Gasteiger partial charge in [0, 0.05) is 0 Å². The molecule has 6 heteroatoms. The summed E-state index contributed by atoms with van der Waals surface area (Å²) in [6.07, 6.45) is 0. The van der Waals surface area contributed by atoms with Crippen LogP contribution in [0.5, 0.6) is 17.2 Å². The number of hydrogen-bond donors (Lipinski definition) is 0. The van der Waals surface area contributed by atoms with Crippen molar-refractivity contribution < 1.29 is 13.6 Å². The molecule has 130 valence electrons. The molecule has 0 saturated heterocycles. The molecule has 0 saturated carbocycles. The molecule has 0 bridgehead atoms. The third-order valence-electron chi connectivity index (χ3n) is 3.26. The molecule has 3 aromatic carbocycles. The quantitative estimate of drug-likeness (QED) is 0.323. The van der Waals surface area contributed by atoms with Crippen molar-refractivity contribution in [2.75, 3.05) is 5.62 Å². The van der Waals surface area contributed by atoms with Crippen molar-refractivity contribution in [2.24, 2.45) is 0 Å². The van der Waals surface area contributed by atoms with Crippen molar-refractivity contribution in [3.8, 4) is 17.2 Å². The van der Waals surface area contributed by atoms with E-state index in [4.69, 9.17) is 36.4 Å². The predicted molar refractivity (Wildman–Crippen MR) is 105 cm³/mol. The van der Waals surface area contributed by atoms with Gasteiger partial charge in [-0.05, 0) is 0 Å². The van der Waals surface area contributed by atoms with Crippen molar-refractivity contribution in [2.45, 2.75) is 0 Å². The number of rotatable bonds is 7. The maximum absolute atomic E-state index is 6.92. The first-order valence-electron chi connectivity index (χ1n) is 7.64. The number of para-hydroxylation sites is 3. The molecule has 0 atom stereocenters. The van der Waals surface area contributed by atoms with Crippen LogP contribution in [0.3, 0.4) is 0 Å². The Labute approximate surface area is 157 Å². The minimum atomic E-state index is -4.25. The molecule has 0 fully saturated rings. The van der Waals surface area contributed by atoms with E-state index in [-0.39, 0.29) is 5.62 Å².